The Bertz CT molecular complexity index is 815. The van der Waals surface area contributed by atoms with Gasteiger partial charge in [0.2, 0.25) is 0 Å². The lowest BCUT2D eigenvalue weighted by Gasteiger charge is -2.04. The Kier molecular flexibility index (Phi) is 5.00. The number of esters is 1. The Morgan fingerprint density at radius 3 is 2.83 bits per heavy atom. The van der Waals surface area contributed by atoms with E-state index in [9.17, 15) is 4.79 Å². The molecule has 4 nitrogen and oxygen atoms in total. The zero-order valence-corrected chi connectivity index (χ0v) is 14.1. The maximum absolute atomic E-state index is 11.9. The number of hydrogen-bond donors (Lipinski definition) is 0. The highest BCUT2D eigenvalue weighted by molar-refractivity contribution is 7.13. The summed E-state index contributed by atoms with van der Waals surface area (Å²) >= 11 is 13.3. The van der Waals surface area contributed by atoms with E-state index >= 15 is 0 Å². The van der Waals surface area contributed by atoms with E-state index in [0.29, 0.717) is 21.5 Å². The SMILES string of the molecule is O=C(Cc1ccc(Cl)c(Cl)c1)OCc1cc(-c2cccs2)on1. The van der Waals surface area contributed by atoms with Crippen LogP contribution in [0.4, 0.5) is 0 Å². The third kappa shape index (κ3) is 4.13. The predicted octanol–water partition coefficient (Wildman–Crippen LogP) is 5.00. The number of carbonyl (C=O) groups excluding carboxylic acids is 1. The van der Waals surface area contributed by atoms with Gasteiger partial charge in [-0.05, 0) is 29.1 Å². The van der Waals surface area contributed by atoms with E-state index in [1.165, 1.54) is 0 Å². The predicted molar refractivity (Wildman–Crippen MR) is 89.8 cm³/mol. The first-order valence-electron chi connectivity index (χ1n) is 6.71. The van der Waals surface area contributed by atoms with Crippen LogP contribution in [0, 0.1) is 0 Å². The van der Waals surface area contributed by atoms with E-state index in [4.69, 9.17) is 32.5 Å². The average Bonchev–Trinajstić information content (AvgIpc) is 3.19. The van der Waals surface area contributed by atoms with Gasteiger partial charge in [0.15, 0.2) is 5.76 Å². The van der Waals surface area contributed by atoms with Crippen LogP contribution in [-0.2, 0) is 22.6 Å². The monoisotopic (exact) mass is 367 g/mol. The van der Waals surface area contributed by atoms with Gasteiger partial charge in [-0.2, -0.15) is 0 Å². The van der Waals surface area contributed by atoms with Crippen LogP contribution < -0.4 is 0 Å². The average molecular weight is 368 g/mol. The summed E-state index contributed by atoms with van der Waals surface area (Å²) in [7, 11) is 0. The summed E-state index contributed by atoms with van der Waals surface area (Å²) in [6.07, 6.45) is 0.118. The second-order valence-electron chi connectivity index (χ2n) is 4.75. The van der Waals surface area contributed by atoms with Gasteiger partial charge in [-0.3, -0.25) is 4.79 Å². The van der Waals surface area contributed by atoms with Crippen molar-refractivity contribution in [1.82, 2.24) is 5.16 Å². The Labute approximate surface area is 146 Å². The fraction of sp³-hybridized carbons (Fsp3) is 0.125. The molecule has 3 aromatic rings. The highest BCUT2D eigenvalue weighted by Crippen LogP contribution is 2.25. The molecule has 0 saturated carbocycles. The van der Waals surface area contributed by atoms with Gasteiger partial charge in [0.25, 0.3) is 0 Å². The summed E-state index contributed by atoms with van der Waals surface area (Å²) in [6, 6.07) is 10.7. The molecule has 2 aromatic heterocycles. The Balaban J connectivity index is 1.55. The smallest absolute Gasteiger partial charge is 0.310 e. The van der Waals surface area contributed by atoms with Crippen LogP contribution in [0.5, 0.6) is 0 Å². The number of benzene rings is 1. The lowest BCUT2D eigenvalue weighted by Crippen LogP contribution is -2.08. The van der Waals surface area contributed by atoms with Crippen molar-refractivity contribution >= 4 is 40.5 Å². The van der Waals surface area contributed by atoms with Gasteiger partial charge in [0.05, 0.1) is 21.3 Å². The van der Waals surface area contributed by atoms with E-state index in [1.807, 2.05) is 17.5 Å². The highest BCUT2D eigenvalue weighted by Gasteiger charge is 2.11. The fourth-order valence-corrected chi connectivity index (χ4v) is 2.93. The van der Waals surface area contributed by atoms with Gasteiger partial charge in [0, 0.05) is 6.07 Å². The normalized spacial score (nSPS) is 10.7. The van der Waals surface area contributed by atoms with Crippen molar-refractivity contribution < 1.29 is 14.1 Å². The third-order valence-electron chi connectivity index (χ3n) is 3.04. The van der Waals surface area contributed by atoms with Gasteiger partial charge in [-0.1, -0.05) is 40.5 Å². The Morgan fingerprint density at radius 1 is 1.22 bits per heavy atom. The molecule has 2 heterocycles. The first-order chi connectivity index (χ1) is 11.1. The molecule has 0 aliphatic carbocycles. The number of ether oxygens (including phenoxy) is 1. The fourth-order valence-electron chi connectivity index (χ4n) is 1.94. The van der Waals surface area contributed by atoms with Crippen molar-refractivity contribution in [3.05, 3.63) is 63.1 Å². The number of hydrogen-bond acceptors (Lipinski definition) is 5. The summed E-state index contributed by atoms with van der Waals surface area (Å²) < 4.78 is 10.4. The molecule has 3 rings (SSSR count). The van der Waals surface area contributed by atoms with Crippen LogP contribution in [0.15, 0.2) is 46.3 Å². The minimum Gasteiger partial charge on any atom is -0.459 e. The maximum Gasteiger partial charge on any atom is 0.310 e. The van der Waals surface area contributed by atoms with Crippen LogP contribution in [0.25, 0.3) is 10.6 Å². The second-order valence-corrected chi connectivity index (χ2v) is 6.51. The van der Waals surface area contributed by atoms with Crippen molar-refractivity contribution in [1.29, 1.82) is 0 Å². The number of thiophene rings is 1. The van der Waals surface area contributed by atoms with Gasteiger partial charge < -0.3 is 9.26 Å². The molecule has 0 aliphatic heterocycles. The number of carbonyl (C=O) groups is 1. The van der Waals surface area contributed by atoms with Crippen LogP contribution in [0.2, 0.25) is 10.0 Å². The summed E-state index contributed by atoms with van der Waals surface area (Å²) in [6.45, 7) is 0.0645. The van der Waals surface area contributed by atoms with Crippen molar-refractivity contribution in [2.75, 3.05) is 0 Å². The molecule has 0 aliphatic rings. The molecular weight excluding hydrogens is 357 g/mol. The van der Waals surface area contributed by atoms with Crippen molar-refractivity contribution in [3.63, 3.8) is 0 Å². The first kappa shape index (κ1) is 16.1. The largest absolute Gasteiger partial charge is 0.459 e. The zero-order valence-electron chi connectivity index (χ0n) is 11.8. The first-order valence-corrected chi connectivity index (χ1v) is 8.34. The zero-order chi connectivity index (χ0) is 16.2. The highest BCUT2D eigenvalue weighted by atomic mass is 35.5. The summed E-state index contributed by atoms with van der Waals surface area (Å²) in [5.74, 6) is 0.291. The number of nitrogens with zero attached hydrogens (tertiary/aromatic N) is 1. The van der Waals surface area contributed by atoms with Gasteiger partial charge in [-0.15, -0.1) is 11.3 Å². The van der Waals surface area contributed by atoms with Crippen molar-refractivity contribution in [2.24, 2.45) is 0 Å². The van der Waals surface area contributed by atoms with Crippen LogP contribution >= 0.6 is 34.5 Å². The summed E-state index contributed by atoms with van der Waals surface area (Å²) in [4.78, 5) is 12.8. The molecular formula is C16H11Cl2NO3S. The van der Waals surface area contributed by atoms with E-state index in [2.05, 4.69) is 5.16 Å². The van der Waals surface area contributed by atoms with Gasteiger partial charge in [-0.25, -0.2) is 0 Å². The summed E-state index contributed by atoms with van der Waals surface area (Å²) in [5.41, 5.74) is 1.31. The molecule has 0 saturated heterocycles. The molecule has 0 fully saturated rings. The molecule has 118 valence electrons. The number of rotatable bonds is 5. The topological polar surface area (TPSA) is 52.3 Å². The molecule has 0 bridgehead atoms. The van der Waals surface area contributed by atoms with E-state index in [1.54, 1.807) is 35.6 Å². The molecule has 1 aromatic carbocycles. The van der Waals surface area contributed by atoms with Crippen LogP contribution in [0.3, 0.4) is 0 Å². The van der Waals surface area contributed by atoms with E-state index < -0.39 is 0 Å². The second kappa shape index (κ2) is 7.17. The van der Waals surface area contributed by atoms with Gasteiger partial charge >= 0.3 is 5.97 Å². The molecule has 0 atom stereocenters. The molecule has 0 radical (unpaired) electrons. The van der Waals surface area contributed by atoms with E-state index in [-0.39, 0.29) is 19.0 Å². The van der Waals surface area contributed by atoms with Crippen LogP contribution in [0.1, 0.15) is 11.3 Å². The molecule has 0 spiro atoms. The lowest BCUT2D eigenvalue weighted by molar-refractivity contribution is -0.144. The standard InChI is InChI=1S/C16H11Cl2NO3S/c17-12-4-3-10(6-13(12)18)7-16(20)21-9-11-8-14(22-19-11)15-2-1-5-23-15/h1-6,8H,7,9H2. The third-order valence-corrected chi connectivity index (χ3v) is 4.66. The Hall–Kier alpha value is -1.82. The van der Waals surface area contributed by atoms with E-state index in [0.717, 1.165) is 10.4 Å². The quantitative estimate of drug-likeness (QED) is 0.595. The number of halogens is 2. The van der Waals surface area contributed by atoms with Crippen molar-refractivity contribution in [2.45, 2.75) is 13.0 Å². The maximum atomic E-state index is 11.9. The Morgan fingerprint density at radius 2 is 2.09 bits per heavy atom. The minimum absolute atomic E-state index is 0.0645. The minimum atomic E-state index is -0.371. The van der Waals surface area contributed by atoms with Crippen LogP contribution in [-0.4, -0.2) is 11.1 Å². The molecule has 7 heteroatoms. The summed E-state index contributed by atoms with van der Waals surface area (Å²) in [5, 5.41) is 6.71. The van der Waals surface area contributed by atoms with Gasteiger partial charge in [0.1, 0.15) is 12.3 Å². The van der Waals surface area contributed by atoms with Crippen molar-refractivity contribution in [3.8, 4) is 10.6 Å². The lowest BCUT2D eigenvalue weighted by atomic mass is 10.1. The molecule has 0 amide bonds. The molecule has 23 heavy (non-hydrogen) atoms. The number of aromatic nitrogens is 1. The molecule has 0 N–H and O–H groups in total. The molecule has 0 unspecified atom stereocenters.